The van der Waals surface area contributed by atoms with E-state index < -0.39 is 10.0 Å². The Bertz CT molecular complexity index is 537. The smallest absolute Gasteiger partial charge is 0.238 e. The zero-order valence-electron chi connectivity index (χ0n) is 11.9. The van der Waals surface area contributed by atoms with E-state index in [0.717, 1.165) is 38.0 Å². The molecule has 6 heteroatoms. The van der Waals surface area contributed by atoms with Crippen molar-refractivity contribution in [1.29, 1.82) is 0 Å². The summed E-state index contributed by atoms with van der Waals surface area (Å²) < 4.78 is 22.6. The van der Waals surface area contributed by atoms with Crippen LogP contribution >= 0.6 is 0 Å². The lowest BCUT2D eigenvalue weighted by Gasteiger charge is -2.31. The van der Waals surface area contributed by atoms with E-state index in [-0.39, 0.29) is 4.90 Å². The Labute approximate surface area is 121 Å². The van der Waals surface area contributed by atoms with Gasteiger partial charge < -0.3 is 10.2 Å². The number of nitrogens with two attached hydrogens (primary N) is 1. The monoisotopic (exact) mass is 297 g/mol. The summed E-state index contributed by atoms with van der Waals surface area (Å²) in [6.07, 6.45) is 2.28. The van der Waals surface area contributed by atoms with E-state index >= 15 is 0 Å². The van der Waals surface area contributed by atoms with Crippen LogP contribution in [0.5, 0.6) is 0 Å². The zero-order valence-corrected chi connectivity index (χ0v) is 12.7. The fourth-order valence-corrected chi connectivity index (χ4v) is 3.13. The molecular weight excluding hydrogens is 274 g/mol. The van der Waals surface area contributed by atoms with Crippen molar-refractivity contribution in [3.63, 3.8) is 0 Å². The average molecular weight is 297 g/mol. The molecule has 0 amide bonds. The van der Waals surface area contributed by atoms with Gasteiger partial charge in [-0.1, -0.05) is 19.1 Å². The van der Waals surface area contributed by atoms with Gasteiger partial charge in [0.2, 0.25) is 10.0 Å². The maximum absolute atomic E-state index is 11.3. The summed E-state index contributed by atoms with van der Waals surface area (Å²) in [5, 5.41) is 8.64. The Hall–Kier alpha value is -0.950. The highest BCUT2D eigenvalue weighted by molar-refractivity contribution is 7.89. The molecule has 0 spiro atoms. The van der Waals surface area contributed by atoms with Crippen LogP contribution in [0, 0.1) is 0 Å². The van der Waals surface area contributed by atoms with Gasteiger partial charge in [0.1, 0.15) is 0 Å². The minimum Gasteiger partial charge on any atom is -0.310 e. The van der Waals surface area contributed by atoms with Gasteiger partial charge in [0.05, 0.1) is 4.90 Å². The normalized spacial score (nSPS) is 18.3. The van der Waals surface area contributed by atoms with Crippen molar-refractivity contribution in [2.45, 2.75) is 37.2 Å². The van der Waals surface area contributed by atoms with Crippen molar-refractivity contribution in [2.75, 3.05) is 19.6 Å². The molecule has 0 aliphatic carbocycles. The predicted molar refractivity (Wildman–Crippen MR) is 79.8 cm³/mol. The van der Waals surface area contributed by atoms with Crippen LogP contribution in [-0.2, 0) is 16.6 Å². The first-order valence-corrected chi connectivity index (χ1v) is 8.61. The Balaban J connectivity index is 1.89. The molecule has 1 fully saturated rings. The topological polar surface area (TPSA) is 75.4 Å². The van der Waals surface area contributed by atoms with Crippen LogP contribution < -0.4 is 10.5 Å². The summed E-state index contributed by atoms with van der Waals surface area (Å²) in [6, 6.07) is 7.33. The van der Waals surface area contributed by atoms with Crippen molar-refractivity contribution >= 4 is 10.0 Å². The molecule has 1 aliphatic heterocycles. The lowest BCUT2D eigenvalue weighted by atomic mass is 10.0. The van der Waals surface area contributed by atoms with Gasteiger partial charge in [0.25, 0.3) is 0 Å². The first-order valence-electron chi connectivity index (χ1n) is 7.06. The number of primary sulfonamides is 1. The lowest BCUT2D eigenvalue weighted by molar-refractivity contribution is 0.206. The maximum atomic E-state index is 11.3. The molecular formula is C14H23N3O2S. The van der Waals surface area contributed by atoms with Crippen molar-refractivity contribution in [3.8, 4) is 0 Å². The third-order valence-electron chi connectivity index (χ3n) is 3.86. The zero-order chi connectivity index (χ0) is 14.6. The first kappa shape index (κ1) is 15.4. The molecule has 0 atom stereocenters. The van der Waals surface area contributed by atoms with Gasteiger partial charge in [0, 0.05) is 12.6 Å². The fraction of sp³-hybridized carbons (Fsp3) is 0.571. The second-order valence-electron chi connectivity index (χ2n) is 5.28. The third-order valence-corrected chi connectivity index (χ3v) is 4.77. The molecule has 1 aromatic rings. The highest BCUT2D eigenvalue weighted by Gasteiger charge is 2.17. The van der Waals surface area contributed by atoms with E-state index in [1.54, 1.807) is 12.1 Å². The van der Waals surface area contributed by atoms with Crippen LogP contribution in [-0.4, -0.2) is 39.0 Å². The minimum atomic E-state index is -3.61. The Kier molecular flexibility index (Phi) is 5.15. The molecule has 20 heavy (non-hydrogen) atoms. The van der Waals surface area contributed by atoms with Crippen LogP contribution in [0.2, 0.25) is 0 Å². The molecule has 0 bridgehead atoms. The highest BCUT2D eigenvalue weighted by Crippen LogP contribution is 2.13. The van der Waals surface area contributed by atoms with Crippen LogP contribution in [0.1, 0.15) is 25.3 Å². The molecule has 0 saturated carbocycles. The number of hydrogen-bond acceptors (Lipinski definition) is 4. The summed E-state index contributed by atoms with van der Waals surface area (Å²) >= 11 is 0. The predicted octanol–water partition coefficient (Wildman–Crippen LogP) is 0.908. The maximum Gasteiger partial charge on any atom is 0.238 e. The molecule has 0 radical (unpaired) electrons. The van der Waals surface area contributed by atoms with Crippen molar-refractivity contribution in [3.05, 3.63) is 29.8 Å². The quantitative estimate of drug-likeness (QED) is 0.847. The molecule has 0 aromatic heterocycles. The number of rotatable bonds is 5. The van der Waals surface area contributed by atoms with Gasteiger partial charge in [-0.25, -0.2) is 13.6 Å². The van der Waals surface area contributed by atoms with Gasteiger partial charge in [-0.05, 0) is 50.2 Å². The van der Waals surface area contributed by atoms with E-state index in [4.69, 9.17) is 5.14 Å². The van der Waals surface area contributed by atoms with Gasteiger partial charge in [-0.2, -0.15) is 0 Å². The van der Waals surface area contributed by atoms with Crippen molar-refractivity contribution in [2.24, 2.45) is 5.14 Å². The number of benzene rings is 1. The standard InChI is InChI=1S/C14H23N3O2S/c1-2-17-8-6-13(7-9-17)16-11-12-4-3-5-14(10-12)20(15,18)19/h3-5,10,13,16H,2,6-9,11H2,1H3,(H2,15,18,19). The SMILES string of the molecule is CCN1CCC(NCc2cccc(S(N)(=O)=O)c2)CC1. The van der Waals surface area contributed by atoms with Crippen LogP contribution in [0.3, 0.4) is 0 Å². The molecule has 1 heterocycles. The number of nitrogens with one attached hydrogen (secondary N) is 1. The molecule has 112 valence electrons. The number of hydrogen-bond donors (Lipinski definition) is 2. The minimum absolute atomic E-state index is 0.178. The van der Waals surface area contributed by atoms with E-state index in [1.807, 2.05) is 6.07 Å². The molecule has 1 aromatic carbocycles. The summed E-state index contributed by atoms with van der Waals surface area (Å²) in [5.41, 5.74) is 0.953. The Morgan fingerprint density at radius 3 is 2.65 bits per heavy atom. The van der Waals surface area contributed by atoms with Crippen LogP contribution in [0.15, 0.2) is 29.2 Å². The summed E-state index contributed by atoms with van der Waals surface area (Å²) in [4.78, 5) is 2.62. The first-order chi connectivity index (χ1) is 9.49. The van der Waals surface area contributed by atoms with Gasteiger partial charge in [0.15, 0.2) is 0 Å². The van der Waals surface area contributed by atoms with E-state index in [1.165, 1.54) is 6.07 Å². The van der Waals surface area contributed by atoms with Crippen molar-refractivity contribution in [1.82, 2.24) is 10.2 Å². The number of nitrogens with zero attached hydrogens (tertiary/aromatic N) is 1. The average Bonchev–Trinajstić information content (AvgIpc) is 2.45. The number of piperidine rings is 1. The molecule has 0 unspecified atom stereocenters. The van der Waals surface area contributed by atoms with Gasteiger partial charge >= 0.3 is 0 Å². The second kappa shape index (κ2) is 6.67. The molecule has 2 rings (SSSR count). The molecule has 3 N–H and O–H groups in total. The number of sulfonamides is 1. The van der Waals surface area contributed by atoms with E-state index in [2.05, 4.69) is 17.1 Å². The van der Waals surface area contributed by atoms with E-state index in [9.17, 15) is 8.42 Å². The summed E-state index contributed by atoms with van der Waals surface area (Å²) in [5.74, 6) is 0. The third kappa shape index (κ3) is 4.28. The lowest BCUT2D eigenvalue weighted by Crippen LogP contribution is -2.42. The number of likely N-dealkylation sites (tertiary alicyclic amines) is 1. The van der Waals surface area contributed by atoms with Crippen molar-refractivity contribution < 1.29 is 8.42 Å². The Morgan fingerprint density at radius 2 is 2.05 bits per heavy atom. The Morgan fingerprint density at radius 1 is 1.35 bits per heavy atom. The molecule has 1 saturated heterocycles. The fourth-order valence-electron chi connectivity index (χ4n) is 2.55. The summed E-state index contributed by atoms with van der Waals surface area (Å²) in [6.45, 7) is 6.24. The van der Waals surface area contributed by atoms with Crippen LogP contribution in [0.4, 0.5) is 0 Å². The van der Waals surface area contributed by atoms with Gasteiger partial charge in [-0.15, -0.1) is 0 Å². The van der Waals surface area contributed by atoms with Crippen LogP contribution in [0.25, 0.3) is 0 Å². The highest BCUT2D eigenvalue weighted by atomic mass is 32.2. The second-order valence-corrected chi connectivity index (χ2v) is 6.84. The largest absolute Gasteiger partial charge is 0.310 e. The van der Waals surface area contributed by atoms with Gasteiger partial charge in [-0.3, -0.25) is 0 Å². The van der Waals surface area contributed by atoms with E-state index in [0.29, 0.717) is 12.6 Å². The summed E-state index contributed by atoms with van der Waals surface area (Å²) in [7, 11) is -3.61. The molecule has 5 nitrogen and oxygen atoms in total. The molecule has 1 aliphatic rings.